The van der Waals surface area contributed by atoms with E-state index in [-0.39, 0.29) is 6.54 Å². The van der Waals surface area contributed by atoms with Crippen LogP contribution in [0.25, 0.3) is 17.5 Å². The number of nitrogens with two attached hydrogens (primary N) is 1. The summed E-state index contributed by atoms with van der Waals surface area (Å²) in [4.78, 5) is 18.0. The van der Waals surface area contributed by atoms with E-state index in [4.69, 9.17) is 5.73 Å². The number of anilines is 2. The molecule has 1 amide bonds. The monoisotopic (exact) mass is 459 g/mol. The molecule has 0 radical (unpaired) electrons. The van der Waals surface area contributed by atoms with Gasteiger partial charge in [0.15, 0.2) is 5.54 Å². The molecular weight excluding hydrogens is 438 g/mol. The molecule has 0 saturated carbocycles. The smallest absolute Gasteiger partial charge is 0.339 e. The molecular formula is C23H21F4N5O. The van der Waals surface area contributed by atoms with Gasteiger partial charge in [0.05, 0.1) is 6.54 Å². The average Bonchev–Trinajstić information content (AvgIpc) is 3.12. The van der Waals surface area contributed by atoms with Crippen LogP contribution in [0.2, 0.25) is 0 Å². The van der Waals surface area contributed by atoms with Crippen LogP contribution in [0.1, 0.15) is 18.3 Å². The molecule has 1 aromatic heterocycles. The number of aryl methyl sites for hydroxylation is 1. The number of hydrogen-bond donors (Lipinski definition) is 2. The topological polar surface area (TPSA) is 76.2 Å². The van der Waals surface area contributed by atoms with E-state index in [0.717, 1.165) is 16.2 Å². The summed E-state index contributed by atoms with van der Waals surface area (Å²) in [7, 11) is 0. The fourth-order valence-electron chi connectivity index (χ4n) is 3.36. The summed E-state index contributed by atoms with van der Waals surface area (Å²) in [5.41, 5.74) is 5.14. The zero-order valence-electron chi connectivity index (χ0n) is 17.8. The molecule has 33 heavy (non-hydrogen) atoms. The number of benzene rings is 2. The minimum Gasteiger partial charge on any atom is -0.339 e. The van der Waals surface area contributed by atoms with Crippen LogP contribution in [-0.4, -0.2) is 32.1 Å². The molecule has 10 heteroatoms. The predicted molar refractivity (Wildman–Crippen MR) is 117 cm³/mol. The third kappa shape index (κ3) is 4.21. The third-order valence-electron chi connectivity index (χ3n) is 5.42. The van der Waals surface area contributed by atoms with Crippen molar-refractivity contribution in [1.82, 2.24) is 14.5 Å². The molecule has 1 aliphatic rings. The highest BCUT2D eigenvalue weighted by Crippen LogP contribution is 2.35. The standard InChI is InChI=1S/C23H21F4N5O/c1-14-3-9-17(10-4-14)29-20-19(15-5-7-16(24)8-6-15)30-18-13-31(11-12-32(18)20)21(33)22(2,28)23(25,26)27/h3-12,29H,13,28H2,1-2H3. The number of imidazole rings is 1. The van der Waals surface area contributed by atoms with Gasteiger partial charge in [-0.1, -0.05) is 17.7 Å². The van der Waals surface area contributed by atoms with Crippen molar-refractivity contribution in [2.45, 2.75) is 32.1 Å². The average molecular weight is 459 g/mol. The van der Waals surface area contributed by atoms with Gasteiger partial charge in [-0.05, 0) is 50.2 Å². The Bertz CT molecular complexity index is 1210. The largest absolute Gasteiger partial charge is 0.415 e. The highest BCUT2D eigenvalue weighted by molar-refractivity contribution is 5.88. The highest BCUT2D eigenvalue weighted by Gasteiger charge is 2.55. The van der Waals surface area contributed by atoms with Crippen molar-refractivity contribution in [3.05, 3.63) is 71.9 Å². The maximum atomic E-state index is 13.5. The van der Waals surface area contributed by atoms with E-state index in [1.54, 1.807) is 16.7 Å². The SMILES string of the molecule is Cc1ccc(Nc2c(-c3ccc(F)cc3)nc3n2C=CN(C(=O)C(C)(N)C(F)(F)F)C3)cc1. The van der Waals surface area contributed by atoms with Gasteiger partial charge in [0, 0.05) is 23.7 Å². The van der Waals surface area contributed by atoms with Gasteiger partial charge in [0.2, 0.25) is 0 Å². The van der Waals surface area contributed by atoms with Crippen LogP contribution in [0, 0.1) is 12.7 Å². The molecule has 6 nitrogen and oxygen atoms in total. The Labute approximate surface area is 187 Å². The first-order valence-electron chi connectivity index (χ1n) is 10.0. The first kappa shape index (κ1) is 22.5. The van der Waals surface area contributed by atoms with Gasteiger partial charge < -0.3 is 16.0 Å². The number of nitrogens with zero attached hydrogens (tertiary/aromatic N) is 3. The van der Waals surface area contributed by atoms with Crippen LogP contribution >= 0.6 is 0 Å². The number of carbonyl (C=O) groups is 1. The number of rotatable bonds is 4. The van der Waals surface area contributed by atoms with Crippen LogP contribution in [0.3, 0.4) is 0 Å². The Hall–Kier alpha value is -3.66. The maximum Gasteiger partial charge on any atom is 0.415 e. The molecule has 2 aromatic carbocycles. The molecule has 3 aromatic rings. The Morgan fingerprint density at radius 3 is 2.30 bits per heavy atom. The number of hydrogen-bond acceptors (Lipinski definition) is 4. The van der Waals surface area contributed by atoms with Gasteiger partial charge >= 0.3 is 6.18 Å². The molecule has 172 valence electrons. The van der Waals surface area contributed by atoms with E-state index in [1.807, 2.05) is 31.2 Å². The highest BCUT2D eigenvalue weighted by atomic mass is 19.4. The van der Waals surface area contributed by atoms with Crippen LogP contribution < -0.4 is 11.1 Å². The maximum absolute atomic E-state index is 13.5. The Morgan fingerprint density at radius 1 is 1.06 bits per heavy atom. The van der Waals surface area contributed by atoms with Crippen molar-refractivity contribution in [1.29, 1.82) is 0 Å². The molecule has 1 atom stereocenters. The first-order valence-corrected chi connectivity index (χ1v) is 10.0. The van der Waals surface area contributed by atoms with E-state index in [2.05, 4.69) is 10.3 Å². The van der Waals surface area contributed by atoms with Gasteiger partial charge in [-0.3, -0.25) is 9.36 Å². The van der Waals surface area contributed by atoms with E-state index in [0.29, 0.717) is 29.8 Å². The van der Waals surface area contributed by atoms with E-state index in [1.165, 1.54) is 24.5 Å². The predicted octanol–water partition coefficient (Wildman–Crippen LogP) is 4.79. The van der Waals surface area contributed by atoms with E-state index < -0.39 is 23.4 Å². The van der Waals surface area contributed by atoms with Crippen LogP contribution in [-0.2, 0) is 11.3 Å². The second kappa shape index (κ2) is 8.04. The van der Waals surface area contributed by atoms with Crippen molar-refractivity contribution in [3.63, 3.8) is 0 Å². The number of alkyl halides is 3. The fourth-order valence-corrected chi connectivity index (χ4v) is 3.36. The second-order valence-electron chi connectivity index (χ2n) is 8.02. The number of nitrogens with one attached hydrogen (secondary N) is 1. The summed E-state index contributed by atoms with van der Waals surface area (Å²) in [5, 5.41) is 3.27. The third-order valence-corrected chi connectivity index (χ3v) is 5.42. The van der Waals surface area contributed by atoms with Crippen molar-refractivity contribution in [3.8, 4) is 11.3 Å². The van der Waals surface area contributed by atoms with Gasteiger partial charge in [-0.25, -0.2) is 9.37 Å². The molecule has 4 rings (SSSR count). The summed E-state index contributed by atoms with van der Waals surface area (Å²) in [6, 6.07) is 13.3. The summed E-state index contributed by atoms with van der Waals surface area (Å²) in [6.07, 6.45) is -2.23. The lowest BCUT2D eigenvalue weighted by Crippen LogP contribution is -2.61. The minimum atomic E-state index is -4.91. The lowest BCUT2D eigenvalue weighted by atomic mass is 10.0. The molecule has 1 aliphatic heterocycles. The fraction of sp³-hybridized carbons (Fsp3) is 0.217. The summed E-state index contributed by atoms with van der Waals surface area (Å²) in [6.45, 7) is 2.37. The molecule has 0 spiro atoms. The lowest BCUT2D eigenvalue weighted by molar-refractivity contribution is -0.192. The van der Waals surface area contributed by atoms with Crippen LogP contribution in [0.4, 0.5) is 29.1 Å². The molecule has 0 fully saturated rings. The Morgan fingerprint density at radius 2 is 1.70 bits per heavy atom. The normalized spacial score (nSPS) is 15.2. The zero-order chi connectivity index (χ0) is 24.0. The Kier molecular flexibility index (Phi) is 5.49. The van der Waals surface area contributed by atoms with Crippen LogP contribution in [0.15, 0.2) is 54.7 Å². The number of fused-ring (bicyclic) bond motifs is 1. The summed E-state index contributed by atoms with van der Waals surface area (Å²) >= 11 is 0. The van der Waals surface area contributed by atoms with E-state index in [9.17, 15) is 22.4 Å². The quantitative estimate of drug-likeness (QED) is 0.550. The minimum absolute atomic E-state index is 0.220. The van der Waals surface area contributed by atoms with Gasteiger partial charge in [-0.15, -0.1) is 0 Å². The summed E-state index contributed by atoms with van der Waals surface area (Å²) in [5.74, 6) is -0.869. The summed E-state index contributed by atoms with van der Waals surface area (Å²) < 4.78 is 54.9. The number of halogens is 4. The molecule has 0 bridgehead atoms. The number of aromatic nitrogens is 2. The molecule has 1 unspecified atom stereocenters. The molecule has 3 N–H and O–H groups in total. The first-order chi connectivity index (χ1) is 15.5. The zero-order valence-corrected chi connectivity index (χ0v) is 17.8. The van der Waals surface area contributed by atoms with Gasteiger partial charge in [-0.2, -0.15) is 13.2 Å². The molecule has 0 aliphatic carbocycles. The molecule has 0 saturated heterocycles. The van der Waals surface area contributed by atoms with Gasteiger partial charge in [0.25, 0.3) is 5.91 Å². The van der Waals surface area contributed by atoms with Crippen molar-refractivity contribution in [2.24, 2.45) is 5.73 Å². The molecule has 2 heterocycles. The second-order valence-corrected chi connectivity index (χ2v) is 8.02. The van der Waals surface area contributed by atoms with Crippen molar-refractivity contribution >= 4 is 23.6 Å². The van der Waals surface area contributed by atoms with Crippen molar-refractivity contribution < 1.29 is 22.4 Å². The number of carbonyl (C=O) groups excluding carboxylic acids is 1. The van der Waals surface area contributed by atoms with Crippen LogP contribution in [0.5, 0.6) is 0 Å². The van der Waals surface area contributed by atoms with E-state index >= 15 is 0 Å². The number of amides is 1. The van der Waals surface area contributed by atoms with Crippen molar-refractivity contribution in [2.75, 3.05) is 5.32 Å². The lowest BCUT2D eigenvalue weighted by Gasteiger charge is -2.32. The Balaban J connectivity index is 1.74. The van der Waals surface area contributed by atoms with Gasteiger partial charge in [0.1, 0.15) is 23.2 Å².